The molecule has 2 N–H and O–H groups in total. The number of halogens is 3. The van der Waals surface area contributed by atoms with Crippen molar-refractivity contribution in [1.29, 1.82) is 0 Å². The molecule has 1 fully saturated rings. The molecule has 21 heavy (non-hydrogen) atoms. The molecule has 1 aromatic carbocycles. The summed E-state index contributed by atoms with van der Waals surface area (Å²) in [6.45, 7) is 3.30. The van der Waals surface area contributed by atoms with E-state index in [-0.39, 0.29) is 12.3 Å². The molecule has 2 rings (SSSR count). The van der Waals surface area contributed by atoms with E-state index in [2.05, 4.69) is 5.32 Å². The standard InChI is InChI=1S/C16H22F3NO/c1-12-4-2-5-13(10-12)15(21,7-8-16(17,18)19)14-6-3-9-20-11-14/h2,4-5,10,14,20-21H,3,6-9,11H2,1H3/t14?,15-/m1/s1. The number of piperidine rings is 1. The van der Waals surface area contributed by atoms with E-state index in [0.717, 1.165) is 24.9 Å². The Morgan fingerprint density at radius 2 is 2.05 bits per heavy atom. The molecule has 2 nitrogen and oxygen atoms in total. The predicted molar refractivity (Wildman–Crippen MR) is 76.0 cm³/mol. The zero-order valence-corrected chi connectivity index (χ0v) is 12.2. The number of aryl methyl sites for hydroxylation is 1. The van der Waals surface area contributed by atoms with Crippen LogP contribution in [-0.2, 0) is 5.60 Å². The molecule has 1 aromatic rings. The number of alkyl halides is 3. The minimum atomic E-state index is -4.25. The van der Waals surface area contributed by atoms with Gasteiger partial charge >= 0.3 is 6.18 Å². The lowest BCUT2D eigenvalue weighted by atomic mass is 9.74. The quantitative estimate of drug-likeness (QED) is 0.892. The molecule has 0 radical (unpaired) electrons. The van der Waals surface area contributed by atoms with E-state index < -0.39 is 18.2 Å². The van der Waals surface area contributed by atoms with Gasteiger partial charge in [0.1, 0.15) is 0 Å². The molecular weight excluding hydrogens is 279 g/mol. The van der Waals surface area contributed by atoms with Gasteiger partial charge in [-0.15, -0.1) is 0 Å². The second-order valence-corrected chi connectivity index (χ2v) is 5.95. The third-order valence-electron chi connectivity index (χ3n) is 4.28. The van der Waals surface area contributed by atoms with Gasteiger partial charge in [-0.1, -0.05) is 29.8 Å². The van der Waals surface area contributed by atoms with Gasteiger partial charge in [0.2, 0.25) is 0 Å². The normalized spacial score (nSPS) is 22.8. The van der Waals surface area contributed by atoms with E-state index in [1.165, 1.54) is 0 Å². The van der Waals surface area contributed by atoms with Crippen molar-refractivity contribution in [2.75, 3.05) is 13.1 Å². The largest absolute Gasteiger partial charge is 0.389 e. The number of rotatable bonds is 4. The van der Waals surface area contributed by atoms with Gasteiger partial charge in [0.15, 0.2) is 0 Å². The van der Waals surface area contributed by atoms with E-state index in [0.29, 0.717) is 12.1 Å². The number of benzene rings is 1. The van der Waals surface area contributed by atoms with Crippen molar-refractivity contribution in [3.63, 3.8) is 0 Å². The Bertz CT molecular complexity index is 469. The minimum absolute atomic E-state index is 0.185. The number of aliphatic hydroxyl groups is 1. The molecule has 0 saturated carbocycles. The number of hydrogen-bond donors (Lipinski definition) is 2. The maximum atomic E-state index is 12.6. The van der Waals surface area contributed by atoms with Crippen LogP contribution >= 0.6 is 0 Å². The van der Waals surface area contributed by atoms with Crippen molar-refractivity contribution in [2.45, 2.75) is 44.4 Å². The van der Waals surface area contributed by atoms with Gasteiger partial charge in [0.05, 0.1) is 5.60 Å². The molecule has 1 aliphatic rings. The van der Waals surface area contributed by atoms with Gasteiger partial charge in [-0.3, -0.25) is 0 Å². The SMILES string of the molecule is Cc1cccc([C@](O)(CCC(F)(F)F)C2CCCNC2)c1. The minimum Gasteiger partial charge on any atom is -0.385 e. The van der Waals surface area contributed by atoms with E-state index in [1.54, 1.807) is 18.2 Å². The molecule has 118 valence electrons. The van der Waals surface area contributed by atoms with Crippen LogP contribution in [0.25, 0.3) is 0 Å². The van der Waals surface area contributed by atoms with Crippen LogP contribution in [0.3, 0.4) is 0 Å². The lowest BCUT2D eigenvalue weighted by molar-refractivity contribution is -0.154. The molecule has 0 aliphatic carbocycles. The summed E-state index contributed by atoms with van der Waals surface area (Å²) in [5, 5.41) is 14.2. The molecule has 0 amide bonds. The molecule has 5 heteroatoms. The Hall–Kier alpha value is -1.07. The average Bonchev–Trinajstić information content (AvgIpc) is 2.45. The summed E-state index contributed by atoms with van der Waals surface area (Å²) in [6.07, 6.45) is -3.87. The second kappa shape index (κ2) is 6.36. The van der Waals surface area contributed by atoms with E-state index in [4.69, 9.17) is 0 Å². The lowest BCUT2D eigenvalue weighted by Crippen LogP contribution is -2.44. The van der Waals surface area contributed by atoms with E-state index >= 15 is 0 Å². The van der Waals surface area contributed by atoms with E-state index in [1.807, 2.05) is 13.0 Å². The van der Waals surface area contributed by atoms with Crippen molar-refractivity contribution in [3.8, 4) is 0 Å². The van der Waals surface area contributed by atoms with Crippen LogP contribution in [0.1, 0.15) is 36.8 Å². The molecule has 1 heterocycles. The topological polar surface area (TPSA) is 32.3 Å². The fourth-order valence-corrected chi connectivity index (χ4v) is 3.09. The fraction of sp³-hybridized carbons (Fsp3) is 0.625. The van der Waals surface area contributed by atoms with Crippen molar-refractivity contribution < 1.29 is 18.3 Å². The van der Waals surface area contributed by atoms with Crippen LogP contribution in [-0.4, -0.2) is 24.4 Å². The zero-order chi connectivity index (χ0) is 15.5. The second-order valence-electron chi connectivity index (χ2n) is 5.95. The Kier molecular flexibility index (Phi) is 4.94. The van der Waals surface area contributed by atoms with Crippen molar-refractivity contribution in [2.24, 2.45) is 5.92 Å². The highest BCUT2D eigenvalue weighted by Gasteiger charge is 2.42. The Labute approximate surface area is 123 Å². The first kappa shape index (κ1) is 16.3. The third kappa shape index (κ3) is 4.20. The van der Waals surface area contributed by atoms with Gasteiger partial charge in [-0.2, -0.15) is 13.2 Å². The summed E-state index contributed by atoms with van der Waals surface area (Å²) in [6, 6.07) is 7.20. The Morgan fingerprint density at radius 3 is 2.62 bits per heavy atom. The summed E-state index contributed by atoms with van der Waals surface area (Å²) in [5.41, 5.74) is 0.122. The first-order valence-electron chi connectivity index (χ1n) is 7.38. The van der Waals surface area contributed by atoms with Gasteiger partial charge < -0.3 is 10.4 Å². The molecule has 0 spiro atoms. The maximum Gasteiger partial charge on any atom is 0.389 e. The third-order valence-corrected chi connectivity index (χ3v) is 4.28. The van der Waals surface area contributed by atoms with Gasteiger partial charge in [-0.25, -0.2) is 0 Å². The maximum absolute atomic E-state index is 12.6. The first-order valence-corrected chi connectivity index (χ1v) is 7.38. The van der Waals surface area contributed by atoms with Crippen LogP contribution in [0.15, 0.2) is 24.3 Å². The monoisotopic (exact) mass is 301 g/mol. The van der Waals surface area contributed by atoms with Gasteiger partial charge in [-0.05, 0) is 38.3 Å². The summed E-state index contributed by atoms with van der Waals surface area (Å²) >= 11 is 0. The number of nitrogens with one attached hydrogen (secondary N) is 1. The first-order chi connectivity index (χ1) is 9.81. The zero-order valence-electron chi connectivity index (χ0n) is 12.2. The molecule has 1 unspecified atom stereocenters. The predicted octanol–water partition coefficient (Wildman–Crippen LogP) is 3.52. The van der Waals surface area contributed by atoms with Gasteiger partial charge in [0, 0.05) is 18.9 Å². The molecular formula is C16H22F3NO. The fourth-order valence-electron chi connectivity index (χ4n) is 3.09. The summed E-state index contributed by atoms with van der Waals surface area (Å²) < 4.78 is 37.9. The summed E-state index contributed by atoms with van der Waals surface area (Å²) in [7, 11) is 0. The van der Waals surface area contributed by atoms with Crippen LogP contribution in [0.2, 0.25) is 0 Å². The molecule has 0 aromatic heterocycles. The molecule has 1 saturated heterocycles. The molecule has 2 atom stereocenters. The Morgan fingerprint density at radius 1 is 1.29 bits per heavy atom. The van der Waals surface area contributed by atoms with Crippen molar-refractivity contribution >= 4 is 0 Å². The van der Waals surface area contributed by atoms with E-state index in [9.17, 15) is 18.3 Å². The van der Waals surface area contributed by atoms with Crippen molar-refractivity contribution in [3.05, 3.63) is 35.4 Å². The average molecular weight is 301 g/mol. The van der Waals surface area contributed by atoms with Crippen molar-refractivity contribution in [1.82, 2.24) is 5.32 Å². The van der Waals surface area contributed by atoms with Crippen LogP contribution < -0.4 is 5.32 Å². The van der Waals surface area contributed by atoms with Crippen LogP contribution in [0.5, 0.6) is 0 Å². The molecule has 1 aliphatic heterocycles. The summed E-state index contributed by atoms with van der Waals surface area (Å²) in [5.74, 6) is -0.185. The lowest BCUT2D eigenvalue weighted by Gasteiger charge is -2.39. The van der Waals surface area contributed by atoms with Crippen LogP contribution in [0, 0.1) is 12.8 Å². The highest BCUT2D eigenvalue weighted by Crippen LogP contribution is 2.40. The highest BCUT2D eigenvalue weighted by atomic mass is 19.4. The van der Waals surface area contributed by atoms with Crippen LogP contribution in [0.4, 0.5) is 13.2 Å². The number of hydrogen-bond acceptors (Lipinski definition) is 2. The highest BCUT2D eigenvalue weighted by molar-refractivity contribution is 5.28. The summed E-state index contributed by atoms with van der Waals surface area (Å²) in [4.78, 5) is 0. The van der Waals surface area contributed by atoms with Gasteiger partial charge in [0.25, 0.3) is 0 Å². The Balaban J connectivity index is 2.28. The smallest absolute Gasteiger partial charge is 0.385 e. The molecule has 0 bridgehead atoms.